The van der Waals surface area contributed by atoms with Gasteiger partial charge in [0, 0.05) is 4.47 Å². The van der Waals surface area contributed by atoms with Gasteiger partial charge in [-0.3, -0.25) is 10.1 Å². The van der Waals surface area contributed by atoms with Gasteiger partial charge in [-0.05, 0) is 77.4 Å². The molecule has 2 N–H and O–H groups in total. The van der Waals surface area contributed by atoms with Gasteiger partial charge in [0.05, 0.1) is 5.69 Å². The lowest BCUT2D eigenvalue weighted by molar-refractivity contribution is -0.121. The Balaban J connectivity index is 1.84. The Kier molecular flexibility index (Phi) is 6.12. The second-order valence-electron chi connectivity index (χ2n) is 5.09. The summed E-state index contributed by atoms with van der Waals surface area (Å²) in [7, 11) is 0. The van der Waals surface area contributed by atoms with E-state index in [1.807, 2.05) is 50.2 Å². The van der Waals surface area contributed by atoms with Crippen LogP contribution in [0.3, 0.4) is 0 Å². The van der Waals surface area contributed by atoms with Gasteiger partial charge in [0.2, 0.25) is 0 Å². The smallest absolute Gasteiger partial charge is 0.264 e. The summed E-state index contributed by atoms with van der Waals surface area (Å²) >= 11 is 8.59. The van der Waals surface area contributed by atoms with Crippen LogP contribution in [0.5, 0.6) is 5.75 Å². The Morgan fingerprint density at radius 3 is 2.61 bits per heavy atom. The number of hydrogen-bond acceptors (Lipinski definition) is 3. The van der Waals surface area contributed by atoms with Crippen molar-refractivity contribution in [2.45, 2.75) is 13.8 Å². The number of rotatable bonds is 4. The molecule has 0 aliphatic heterocycles. The Morgan fingerprint density at radius 2 is 1.91 bits per heavy atom. The van der Waals surface area contributed by atoms with Crippen LogP contribution in [0.2, 0.25) is 0 Å². The summed E-state index contributed by atoms with van der Waals surface area (Å²) in [6.45, 7) is 3.86. The number of amides is 1. The Hall–Kier alpha value is -1.92. The molecular weight excluding hydrogens is 376 g/mol. The second-order valence-corrected chi connectivity index (χ2v) is 6.35. The molecule has 0 atom stereocenters. The van der Waals surface area contributed by atoms with Gasteiger partial charge in [-0.2, -0.15) is 0 Å². The molecule has 120 valence electrons. The number of ether oxygens (including phenoxy) is 1. The van der Waals surface area contributed by atoms with E-state index in [0.717, 1.165) is 21.3 Å². The molecule has 0 spiro atoms. The Bertz CT molecular complexity index is 734. The van der Waals surface area contributed by atoms with Crippen molar-refractivity contribution >= 4 is 44.9 Å². The summed E-state index contributed by atoms with van der Waals surface area (Å²) in [6.07, 6.45) is 0. The fourth-order valence-electron chi connectivity index (χ4n) is 1.89. The minimum Gasteiger partial charge on any atom is -0.484 e. The first-order valence-electron chi connectivity index (χ1n) is 7.00. The molecule has 0 bridgehead atoms. The summed E-state index contributed by atoms with van der Waals surface area (Å²) in [5, 5.41) is 5.79. The largest absolute Gasteiger partial charge is 0.484 e. The molecule has 0 aromatic heterocycles. The van der Waals surface area contributed by atoms with Crippen molar-refractivity contribution in [1.29, 1.82) is 0 Å². The molecule has 4 nitrogen and oxygen atoms in total. The van der Waals surface area contributed by atoms with Crippen molar-refractivity contribution in [1.82, 2.24) is 5.32 Å². The van der Waals surface area contributed by atoms with Gasteiger partial charge in [-0.1, -0.05) is 18.2 Å². The Labute approximate surface area is 149 Å². The number of halogens is 1. The summed E-state index contributed by atoms with van der Waals surface area (Å²) in [4.78, 5) is 11.9. The first-order chi connectivity index (χ1) is 10.9. The van der Waals surface area contributed by atoms with Crippen molar-refractivity contribution in [2.24, 2.45) is 0 Å². The molecule has 0 aliphatic rings. The van der Waals surface area contributed by atoms with Gasteiger partial charge in [0.1, 0.15) is 5.75 Å². The topological polar surface area (TPSA) is 50.4 Å². The van der Waals surface area contributed by atoms with Gasteiger partial charge >= 0.3 is 0 Å². The van der Waals surface area contributed by atoms with Crippen LogP contribution < -0.4 is 15.4 Å². The molecule has 23 heavy (non-hydrogen) atoms. The molecule has 2 rings (SSSR count). The summed E-state index contributed by atoms with van der Waals surface area (Å²) < 4.78 is 6.31. The molecule has 0 radical (unpaired) electrons. The predicted molar refractivity (Wildman–Crippen MR) is 99.9 cm³/mol. The average molecular weight is 393 g/mol. The highest BCUT2D eigenvalue weighted by Crippen LogP contribution is 2.23. The van der Waals surface area contributed by atoms with E-state index in [-0.39, 0.29) is 17.6 Å². The van der Waals surface area contributed by atoms with Gasteiger partial charge in [0.25, 0.3) is 5.91 Å². The minimum absolute atomic E-state index is 0.0969. The van der Waals surface area contributed by atoms with Crippen molar-refractivity contribution in [3.63, 3.8) is 0 Å². The van der Waals surface area contributed by atoms with E-state index in [9.17, 15) is 4.79 Å². The zero-order valence-corrected chi connectivity index (χ0v) is 15.3. The number of nitrogens with one attached hydrogen (secondary N) is 2. The highest BCUT2D eigenvalue weighted by atomic mass is 79.9. The van der Waals surface area contributed by atoms with E-state index in [2.05, 4.69) is 26.6 Å². The normalized spacial score (nSPS) is 10.0. The average Bonchev–Trinajstić information content (AvgIpc) is 2.48. The molecule has 0 heterocycles. The lowest BCUT2D eigenvalue weighted by Gasteiger charge is -2.12. The van der Waals surface area contributed by atoms with Crippen LogP contribution in [0.4, 0.5) is 5.69 Å². The highest BCUT2D eigenvalue weighted by molar-refractivity contribution is 9.10. The minimum atomic E-state index is -0.313. The third-order valence-corrected chi connectivity index (χ3v) is 3.85. The number of hydrogen-bond donors (Lipinski definition) is 2. The van der Waals surface area contributed by atoms with E-state index in [1.165, 1.54) is 0 Å². The van der Waals surface area contributed by atoms with Crippen molar-refractivity contribution in [3.05, 3.63) is 58.1 Å². The quantitative estimate of drug-likeness (QED) is 0.773. The SMILES string of the molecule is Cc1cccc(OCC(=O)NC(=S)Nc2ccc(C)cc2Br)c1. The standard InChI is InChI=1S/C17H17BrN2O2S/c1-11-4-3-5-13(8-11)22-10-16(21)20-17(23)19-15-7-6-12(2)9-14(15)18/h3-9H,10H2,1-2H3,(H2,19,20,21,23). The summed E-state index contributed by atoms with van der Waals surface area (Å²) in [6, 6.07) is 13.3. The predicted octanol–water partition coefficient (Wildman–Crippen LogP) is 3.96. The van der Waals surface area contributed by atoms with E-state index in [0.29, 0.717) is 5.75 Å². The zero-order chi connectivity index (χ0) is 16.8. The van der Waals surface area contributed by atoms with Crippen LogP contribution in [0.15, 0.2) is 46.9 Å². The van der Waals surface area contributed by atoms with E-state index < -0.39 is 0 Å². The third kappa shape index (κ3) is 5.65. The number of anilines is 1. The van der Waals surface area contributed by atoms with Gasteiger partial charge < -0.3 is 10.1 Å². The lowest BCUT2D eigenvalue weighted by Crippen LogP contribution is -2.37. The molecule has 0 saturated heterocycles. The van der Waals surface area contributed by atoms with Crippen LogP contribution in [-0.2, 0) is 4.79 Å². The molecule has 2 aromatic carbocycles. The fraction of sp³-hybridized carbons (Fsp3) is 0.176. The molecular formula is C17H17BrN2O2S. The third-order valence-electron chi connectivity index (χ3n) is 2.99. The van der Waals surface area contributed by atoms with Crippen LogP contribution >= 0.6 is 28.1 Å². The van der Waals surface area contributed by atoms with Gasteiger partial charge in [-0.15, -0.1) is 0 Å². The van der Waals surface area contributed by atoms with Crippen LogP contribution in [-0.4, -0.2) is 17.6 Å². The van der Waals surface area contributed by atoms with E-state index in [1.54, 1.807) is 6.07 Å². The second kappa shape index (κ2) is 8.08. The van der Waals surface area contributed by atoms with Gasteiger partial charge in [0.15, 0.2) is 11.7 Å². The number of carbonyl (C=O) groups is 1. The first kappa shape index (κ1) is 17.4. The maximum Gasteiger partial charge on any atom is 0.264 e. The maximum absolute atomic E-state index is 11.9. The Morgan fingerprint density at radius 1 is 1.17 bits per heavy atom. The molecule has 0 fully saturated rings. The zero-order valence-electron chi connectivity index (χ0n) is 12.9. The summed E-state index contributed by atoms with van der Waals surface area (Å²) in [5.41, 5.74) is 2.99. The van der Waals surface area contributed by atoms with Crippen molar-refractivity contribution < 1.29 is 9.53 Å². The molecule has 2 aromatic rings. The number of benzene rings is 2. The van der Waals surface area contributed by atoms with Crippen LogP contribution in [0, 0.1) is 13.8 Å². The monoisotopic (exact) mass is 392 g/mol. The molecule has 0 unspecified atom stereocenters. The first-order valence-corrected chi connectivity index (χ1v) is 8.20. The molecule has 0 saturated carbocycles. The lowest BCUT2D eigenvalue weighted by atomic mass is 10.2. The maximum atomic E-state index is 11.9. The molecule has 1 amide bonds. The van der Waals surface area contributed by atoms with E-state index in [4.69, 9.17) is 17.0 Å². The number of thiocarbonyl (C=S) groups is 1. The number of carbonyl (C=O) groups excluding carboxylic acids is 1. The van der Waals surface area contributed by atoms with Crippen LogP contribution in [0.1, 0.15) is 11.1 Å². The van der Waals surface area contributed by atoms with Crippen molar-refractivity contribution in [2.75, 3.05) is 11.9 Å². The van der Waals surface area contributed by atoms with Gasteiger partial charge in [-0.25, -0.2) is 0 Å². The van der Waals surface area contributed by atoms with Crippen molar-refractivity contribution in [3.8, 4) is 5.75 Å². The summed E-state index contributed by atoms with van der Waals surface area (Å²) in [5.74, 6) is 0.340. The van der Waals surface area contributed by atoms with Crippen LogP contribution in [0.25, 0.3) is 0 Å². The fourth-order valence-corrected chi connectivity index (χ4v) is 2.71. The molecule has 6 heteroatoms. The highest BCUT2D eigenvalue weighted by Gasteiger charge is 2.08. The molecule has 0 aliphatic carbocycles. The van der Waals surface area contributed by atoms with E-state index >= 15 is 0 Å². The number of aryl methyl sites for hydroxylation is 2.